The fourth-order valence-corrected chi connectivity index (χ4v) is 2.22. The standard InChI is InChI=1S/C14H20N4S/c1-3-8-15-9-13-11-18(17-16-13)10-12-4-6-14(19-2)7-5-12/h4-7,11,15H,3,8-10H2,1-2H3. The lowest BCUT2D eigenvalue weighted by Crippen LogP contribution is -2.13. The molecule has 1 aromatic heterocycles. The molecule has 0 fully saturated rings. The Morgan fingerprint density at radius 2 is 2.05 bits per heavy atom. The van der Waals surface area contributed by atoms with Gasteiger partial charge in [-0.1, -0.05) is 24.3 Å². The van der Waals surface area contributed by atoms with Crippen molar-refractivity contribution in [3.8, 4) is 0 Å². The summed E-state index contributed by atoms with van der Waals surface area (Å²) in [7, 11) is 0. The monoisotopic (exact) mass is 276 g/mol. The summed E-state index contributed by atoms with van der Waals surface area (Å²) in [5, 5.41) is 11.6. The second-order valence-corrected chi connectivity index (χ2v) is 5.31. The first-order valence-electron chi connectivity index (χ1n) is 6.54. The Kier molecular flexibility index (Phi) is 5.42. The Balaban J connectivity index is 1.91. The highest BCUT2D eigenvalue weighted by Gasteiger charge is 2.01. The van der Waals surface area contributed by atoms with Crippen molar-refractivity contribution in [2.75, 3.05) is 12.8 Å². The lowest BCUT2D eigenvalue weighted by atomic mass is 10.2. The second kappa shape index (κ2) is 7.31. The van der Waals surface area contributed by atoms with Gasteiger partial charge in [0.2, 0.25) is 0 Å². The molecule has 0 atom stereocenters. The van der Waals surface area contributed by atoms with Gasteiger partial charge in [0.05, 0.1) is 18.4 Å². The molecule has 0 unspecified atom stereocenters. The van der Waals surface area contributed by atoms with Crippen molar-refractivity contribution in [3.63, 3.8) is 0 Å². The number of nitrogens with one attached hydrogen (secondary N) is 1. The van der Waals surface area contributed by atoms with Crippen LogP contribution < -0.4 is 5.32 Å². The molecule has 0 aliphatic carbocycles. The van der Waals surface area contributed by atoms with Crippen LogP contribution in [0.15, 0.2) is 35.4 Å². The van der Waals surface area contributed by atoms with Crippen molar-refractivity contribution in [1.29, 1.82) is 0 Å². The molecule has 1 aromatic carbocycles. The minimum absolute atomic E-state index is 0.773. The number of nitrogens with zero attached hydrogens (tertiary/aromatic N) is 3. The SMILES string of the molecule is CCCNCc1cn(Cc2ccc(SC)cc2)nn1. The number of hydrogen-bond acceptors (Lipinski definition) is 4. The largest absolute Gasteiger partial charge is 0.311 e. The topological polar surface area (TPSA) is 42.7 Å². The first-order valence-corrected chi connectivity index (χ1v) is 7.77. The van der Waals surface area contributed by atoms with E-state index in [-0.39, 0.29) is 0 Å². The molecule has 102 valence electrons. The number of thioether (sulfide) groups is 1. The second-order valence-electron chi connectivity index (χ2n) is 4.43. The van der Waals surface area contributed by atoms with E-state index in [1.54, 1.807) is 11.8 Å². The van der Waals surface area contributed by atoms with Crippen LogP contribution in [-0.4, -0.2) is 27.8 Å². The van der Waals surface area contributed by atoms with Gasteiger partial charge in [0.25, 0.3) is 0 Å². The van der Waals surface area contributed by atoms with E-state index in [1.165, 1.54) is 10.5 Å². The normalized spacial score (nSPS) is 10.8. The lowest BCUT2D eigenvalue weighted by Gasteiger charge is -2.02. The highest BCUT2D eigenvalue weighted by molar-refractivity contribution is 7.98. The summed E-state index contributed by atoms with van der Waals surface area (Å²) in [5.74, 6) is 0. The Morgan fingerprint density at radius 3 is 2.74 bits per heavy atom. The number of hydrogen-bond donors (Lipinski definition) is 1. The predicted octanol–water partition coefficient (Wildman–Crippen LogP) is 2.55. The summed E-state index contributed by atoms with van der Waals surface area (Å²) >= 11 is 1.76. The van der Waals surface area contributed by atoms with Gasteiger partial charge < -0.3 is 5.32 Å². The van der Waals surface area contributed by atoms with Crippen LogP contribution in [-0.2, 0) is 13.1 Å². The highest BCUT2D eigenvalue weighted by Crippen LogP contribution is 2.15. The summed E-state index contributed by atoms with van der Waals surface area (Å²) < 4.78 is 1.89. The molecule has 2 aromatic rings. The maximum Gasteiger partial charge on any atom is 0.0964 e. The zero-order chi connectivity index (χ0) is 13.5. The van der Waals surface area contributed by atoms with E-state index in [0.717, 1.165) is 31.7 Å². The highest BCUT2D eigenvalue weighted by atomic mass is 32.2. The van der Waals surface area contributed by atoms with Crippen LogP contribution in [0.1, 0.15) is 24.6 Å². The zero-order valence-electron chi connectivity index (χ0n) is 11.5. The fraction of sp³-hybridized carbons (Fsp3) is 0.429. The molecule has 0 spiro atoms. The van der Waals surface area contributed by atoms with E-state index >= 15 is 0 Å². The molecule has 0 amide bonds. The van der Waals surface area contributed by atoms with Crippen LogP contribution in [0.5, 0.6) is 0 Å². The number of aromatic nitrogens is 3. The minimum Gasteiger partial charge on any atom is -0.311 e. The average Bonchev–Trinajstić information content (AvgIpc) is 2.88. The molecule has 0 aliphatic heterocycles. The molecule has 19 heavy (non-hydrogen) atoms. The molecule has 4 nitrogen and oxygen atoms in total. The van der Waals surface area contributed by atoms with E-state index in [4.69, 9.17) is 0 Å². The quantitative estimate of drug-likeness (QED) is 0.623. The number of rotatable bonds is 7. The summed E-state index contributed by atoms with van der Waals surface area (Å²) in [4.78, 5) is 1.28. The molecule has 0 aliphatic rings. The first-order chi connectivity index (χ1) is 9.31. The van der Waals surface area contributed by atoms with Gasteiger partial charge in [-0.15, -0.1) is 16.9 Å². The van der Waals surface area contributed by atoms with Crippen LogP contribution in [0.25, 0.3) is 0 Å². The Labute approximate surface area is 118 Å². The van der Waals surface area contributed by atoms with Gasteiger partial charge in [0, 0.05) is 11.4 Å². The molecule has 0 saturated carbocycles. The maximum absolute atomic E-state index is 4.16. The molecule has 5 heteroatoms. The van der Waals surface area contributed by atoms with Crippen molar-refractivity contribution in [2.24, 2.45) is 0 Å². The van der Waals surface area contributed by atoms with Crippen molar-refractivity contribution in [3.05, 3.63) is 41.7 Å². The van der Waals surface area contributed by atoms with Crippen LogP contribution >= 0.6 is 11.8 Å². The Bertz CT molecular complexity index is 492. The summed E-state index contributed by atoms with van der Waals surface area (Å²) in [5.41, 5.74) is 2.24. The predicted molar refractivity (Wildman–Crippen MR) is 79.3 cm³/mol. The molecule has 1 N–H and O–H groups in total. The van der Waals surface area contributed by atoms with Gasteiger partial charge >= 0.3 is 0 Å². The Morgan fingerprint density at radius 1 is 1.26 bits per heavy atom. The zero-order valence-corrected chi connectivity index (χ0v) is 12.3. The van der Waals surface area contributed by atoms with E-state index in [2.05, 4.69) is 53.1 Å². The van der Waals surface area contributed by atoms with E-state index in [9.17, 15) is 0 Å². The third-order valence-corrected chi connectivity index (χ3v) is 3.57. The molecular weight excluding hydrogens is 256 g/mol. The first kappa shape index (κ1) is 14.1. The van der Waals surface area contributed by atoms with Crippen molar-refractivity contribution < 1.29 is 0 Å². The van der Waals surface area contributed by atoms with Gasteiger partial charge in [0.1, 0.15) is 0 Å². The third-order valence-electron chi connectivity index (χ3n) is 2.82. The molecule has 2 rings (SSSR count). The smallest absolute Gasteiger partial charge is 0.0964 e. The van der Waals surface area contributed by atoms with E-state index < -0.39 is 0 Å². The molecular formula is C14H20N4S. The summed E-state index contributed by atoms with van der Waals surface area (Å²) in [6.45, 7) is 4.74. The van der Waals surface area contributed by atoms with Crippen molar-refractivity contribution in [2.45, 2.75) is 31.3 Å². The lowest BCUT2D eigenvalue weighted by molar-refractivity contribution is 0.645. The Hall–Kier alpha value is -1.33. The minimum atomic E-state index is 0.773. The van der Waals surface area contributed by atoms with Crippen LogP contribution in [0.4, 0.5) is 0 Å². The van der Waals surface area contributed by atoms with Crippen LogP contribution in [0.3, 0.4) is 0 Å². The number of benzene rings is 1. The fourth-order valence-electron chi connectivity index (χ4n) is 1.81. The van der Waals surface area contributed by atoms with Crippen molar-refractivity contribution in [1.82, 2.24) is 20.3 Å². The average molecular weight is 276 g/mol. The van der Waals surface area contributed by atoms with E-state index in [0.29, 0.717) is 0 Å². The molecule has 0 bridgehead atoms. The van der Waals surface area contributed by atoms with Gasteiger partial charge in [-0.3, -0.25) is 0 Å². The summed E-state index contributed by atoms with van der Waals surface area (Å²) in [6, 6.07) is 8.56. The van der Waals surface area contributed by atoms with Crippen LogP contribution in [0, 0.1) is 0 Å². The van der Waals surface area contributed by atoms with Gasteiger partial charge in [-0.05, 0) is 36.9 Å². The molecule has 1 heterocycles. The van der Waals surface area contributed by atoms with Crippen molar-refractivity contribution >= 4 is 11.8 Å². The van der Waals surface area contributed by atoms with Gasteiger partial charge in [-0.25, -0.2) is 4.68 Å². The molecule has 0 radical (unpaired) electrons. The summed E-state index contributed by atoms with van der Waals surface area (Å²) in [6.07, 6.45) is 5.23. The van der Waals surface area contributed by atoms with Crippen LogP contribution in [0.2, 0.25) is 0 Å². The maximum atomic E-state index is 4.16. The van der Waals surface area contributed by atoms with Gasteiger partial charge in [-0.2, -0.15) is 0 Å². The molecule has 0 saturated heterocycles. The van der Waals surface area contributed by atoms with E-state index in [1.807, 2.05) is 10.9 Å². The van der Waals surface area contributed by atoms with Gasteiger partial charge in [0.15, 0.2) is 0 Å². The third kappa shape index (κ3) is 4.36.